The van der Waals surface area contributed by atoms with Crippen LogP contribution in [-0.4, -0.2) is 9.97 Å². The summed E-state index contributed by atoms with van der Waals surface area (Å²) in [6.07, 6.45) is 0. The first kappa shape index (κ1) is 16.3. The zero-order valence-corrected chi connectivity index (χ0v) is 14.6. The third-order valence-electron chi connectivity index (χ3n) is 3.59. The maximum absolute atomic E-state index is 6.03. The van der Waals surface area contributed by atoms with E-state index in [-0.39, 0.29) is 0 Å². The maximum Gasteiger partial charge on any atom is 0.229 e. The fourth-order valence-corrected chi connectivity index (χ4v) is 2.58. The second-order valence-electron chi connectivity index (χ2n) is 5.80. The van der Waals surface area contributed by atoms with Gasteiger partial charge in [-0.05, 0) is 56.2 Å². The van der Waals surface area contributed by atoms with Crippen LogP contribution >= 0.6 is 11.6 Å². The van der Waals surface area contributed by atoms with Gasteiger partial charge in [-0.3, -0.25) is 0 Å². The molecule has 0 atom stereocenters. The van der Waals surface area contributed by atoms with E-state index in [4.69, 9.17) is 11.6 Å². The number of rotatable bonds is 4. The number of aromatic nitrogens is 2. The minimum Gasteiger partial charge on any atom is -0.340 e. The Kier molecular flexibility index (Phi) is 4.67. The molecule has 3 rings (SSSR count). The van der Waals surface area contributed by atoms with Gasteiger partial charge in [-0.15, -0.1) is 0 Å². The molecule has 1 aromatic heterocycles. The summed E-state index contributed by atoms with van der Waals surface area (Å²) in [5, 5.41) is 7.25. The van der Waals surface area contributed by atoms with Crippen molar-refractivity contribution in [2.75, 3.05) is 10.6 Å². The first-order valence-electron chi connectivity index (χ1n) is 7.72. The van der Waals surface area contributed by atoms with Crippen molar-refractivity contribution < 1.29 is 0 Å². The van der Waals surface area contributed by atoms with Crippen LogP contribution in [0, 0.1) is 20.8 Å². The lowest BCUT2D eigenvalue weighted by Gasteiger charge is -2.12. The van der Waals surface area contributed by atoms with Gasteiger partial charge < -0.3 is 10.6 Å². The van der Waals surface area contributed by atoms with Crippen molar-refractivity contribution in [1.82, 2.24) is 9.97 Å². The smallest absolute Gasteiger partial charge is 0.229 e. The Labute approximate surface area is 146 Å². The Balaban J connectivity index is 1.87. The molecule has 5 heteroatoms. The molecule has 0 unspecified atom stereocenters. The molecule has 2 N–H and O–H groups in total. The lowest BCUT2D eigenvalue weighted by Crippen LogP contribution is -2.03. The van der Waals surface area contributed by atoms with Crippen molar-refractivity contribution in [3.63, 3.8) is 0 Å². The number of nitrogens with one attached hydrogen (secondary N) is 2. The number of halogens is 1. The number of hydrogen-bond donors (Lipinski definition) is 2. The minimum atomic E-state index is 0.563. The van der Waals surface area contributed by atoms with Crippen LogP contribution in [-0.2, 0) is 0 Å². The second-order valence-corrected chi connectivity index (χ2v) is 6.23. The lowest BCUT2D eigenvalue weighted by atomic mass is 10.1. The van der Waals surface area contributed by atoms with Crippen LogP contribution in [0.15, 0.2) is 48.5 Å². The third kappa shape index (κ3) is 4.03. The highest BCUT2D eigenvalue weighted by Crippen LogP contribution is 2.23. The van der Waals surface area contributed by atoms with Gasteiger partial charge in [0.2, 0.25) is 5.95 Å². The largest absolute Gasteiger partial charge is 0.340 e. The van der Waals surface area contributed by atoms with Gasteiger partial charge in [0.1, 0.15) is 5.82 Å². The molecule has 122 valence electrons. The molecule has 2 aromatic carbocycles. The molecule has 4 nitrogen and oxygen atoms in total. The van der Waals surface area contributed by atoms with Crippen LogP contribution in [0.25, 0.3) is 0 Å². The highest BCUT2D eigenvalue weighted by atomic mass is 35.5. The molecule has 1 heterocycles. The van der Waals surface area contributed by atoms with Crippen LogP contribution in [0.3, 0.4) is 0 Å². The first-order valence-corrected chi connectivity index (χ1v) is 8.10. The molecule has 0 aliphatic rings. The van der Waals surface area contributed by atoms with E-state index in [1.165, 1.54) is 5.56 Å². The summed E-state index contributed by atoms with van der Waals surface area (Å²) >= 11 is 6.03. The molecule has 0 aliphatic carbocycles. The summed E-state index contributed by atoms with van der Waals surface area (Å²) in [4.78, 5) is 9.02. The normalized spacial score (nSPS) is 10.5. The molecule has 0 fully saturated rings. The Morgan fingerprint density at radius 2 is 1.71 bits per heavy atom. The monoisotopic (exact) mass is 338 g/mol. The predicted molar refractivity (Wildman–Crippen MR) is 101 cm³/mol. The summed E-state index contributed by atoms with van der Waals surface area (Å²) in [5.41, 5.74) is 5.11. The van der Waals surface area contributed by atoms with Crippen LogP contribution in [0.2, 0.25) is 5.02 Å². The number of aryl methyl sites for hydroxylation is 3. The van der Waals surface area contributed by atoms with Gasteiger partial charge >= 0.3 is 0 Å². The molecule has 0 spiro atoms. The average Bonchev–Trinajstić information content (AvgIpc) is 2.50. The zero-order valence-electron chi connectivity index (χ0n) is 13.9. The van der Waals surface area contributed by atoms with Crippen LogP contribution in [0.4, 0.5) is 23.1 Å². The Hall–Kier alpha value is -2.59. The van der Waals surface area contributed by atoms with E-state index in [2.05, 4.69) is 52.6 Å². The van der Waals surface area contributed by atoms with E-state index in [1.807, 2.05) is 37.3 Å². The molecule has 0 aliphatic heterocycles. The standard InChI is InChI=1S/C19H19ClN4/c1-12-7-8-13(2)17(9-12)23-19-21-14(3)10-18(24-19)22-16-6-4-5-15(20)11-16/h4-11H,1-3H3,(H2,21,22,23,24). The predicted octanol–water partition coefficient (Wildman–Crippen LogP) is 5.54. The van der Waals surface area contributed by atoms with Gasteiger partial charge in [0.15, 0.2) is 0 Å². The average molecular weight is 339 g/mol. The molecule has 24 heavy (non-hydrogen) atoms. The minimum absolute atomic E-state index is 0.563. The van der Waals surface area contributed by atoms with Gasteiger partial charge in [0.05, 0.1) is 0 Å². The van der Waals surface area contributed by atoms with Crippen molar-refractivity contribution in [1.29, 1.82) is 0 Å². The van der Waals surface area contributed by atoms with Gasteiger partial charge in [-0.25, -0.2) is 4.98 Å². The highest BCUT2D eigenvalue weighted by Gasteiger charge is 2.06. The number of benzene rings is 2. The van der Waals surface area contributed by atoms with E-state index in [1.54, 1.807) is 0 Å². The fraction of sp³-hybridized carbons (Fsp3) is 0.158. The summed E-state index contributed by atoms with van der Waals surface area (Å²) in [5.74, 6) is 1.28. The van der Waals surface area contributed by atoms with Gasteiger partial charge in [0.25, 0.3) is 0 Å². The summed E-state index contributed by atoms with van der Waals surface area (Å²) in [6.45, 7) is 6.07. The number of hydrogen-bond acceptors (Lipinski definition) is 4. The van der Waals surface area contributed by atoms with Gasteiger partial charge in [0, 0.05) is 28.2 Å². The Bertz CT molecular complexity index is 877. The Morgan fingerprint density at radius 1 is 0.875 bits per heavy atom. The van der Waals surface area contributed by atoms with Crippen molar-refractivity contribution in [2.24, 2.45) is 0 Å². The van der Waals surface area contributed by atoms with E-state index in [0.29, 0.717) is 11.0 Å². The highest BCUT2D eigenvalue weighted by molar-refractivity contribution is 6.30. The summed E-state index contributed by atoms with van der Waals surface area (Å²) < 4.78 is 0. The fourth-order valence-electron chi connectivity index (χ4n) is 2.39. The van der Waals surface area contributed by atoms with Crippen molar-refractivity contribution in [3.8, 4) is 0 Å². The molecular formula is C19H19ClN4. The Morgan fingerprint density at radius 3 is 2.50 bits per heavy atom. The van der Waals surface area contributed by atoms with Crippen molar-refractivity contribution >= 4 is 34.7 Å². The molecule has 0 amide bonds. The van der Waals surface area contributed by atoms with Crippen molar-refractivity contribution in [3.05, 3.63) is 70.4 Å². The maximum atomic E-state index is 6.03. The number of anilines is 4. The van der Waals surface area contributed by atoms with Crippen LogP contribution < -0.4 is 10.6 Å². The van der Waals surface area contributed by atoms with Gasteiger partial charge in [-0.1, -0.05) is 29.8 Å². The molecule has 0 saturated carbocycles. The van der Waals surface area contributed by atoms with E-state index >= 15 is 0 Å². The van der Waals surface area contributed by atoms with E-state index < -0.39 is 0 Å². The lowest BCUT2D eigenvalue weighted by molar-refractivity contribution is 1.10. The molecule has 0 bridgehead atoms. The second kappa shape index (κ2) is 6.89. The van der Waals surface area contributed by atoms with Crippen LogP contribution in [0.1, 0.15) is 16.8 Å². The molecule has 0 radical (unpaired) electrons. The zero-order chi connectivity index (χ0) is 17.1. The molecular weight excluding hydrogens is 320 g/mol. The molecule has 0 saturated heterocycles. The third-order valence-corrected chi connectivity index (χ3v) is 3.83. The quantitative estimate of drug-likeness (QED) is 0.655. The van der Waals surface area contributed by atoms with E-state index in [0.717, 1.165) is 28.5 Å². The first-order chi connectivity index (χ1) is 11.5. The van der Waals surface area contributed by atoms with Crippen LogP contribution in [0.5, 0.6) is 0 Å². The summed E-state index contributed by atoms with van der Waals surface area (Å²) in [6, 6.07) is 15.7. The summed E-state index contributed by atoms with van der Waals surface area (Å²) in [7, 11) is 0. The topological polar surface area (TPSA) is 49.8 Å². The number of nitrogens with zero attached hydrogens (tertiary/aromatic N) is 2. The molecule has 3 aromatic rings. The van der Waals surface area contributed by atoms with E-state index in [9.17, 15) is 0 Å². The van der Waals surface area contributed by atoms with Crippen molar-refractivity contribution in [2.45, 2.75) is 20.8 Å². The SMILES string of the molecule is Cc1ccc(C)c(Nc2nc(C)cc(Nc3cccc(Cl)c3)n2)c1. The van der Waals surface area contributed by atoms with Gasteiger partial charge in [-0.2, -0.15) is 4.98 Å².